The Balaban J connectivity index is 4.59. The first-order valence-corrected chi connectivity index (χ1v) is 26.8. The largest absolute Gasteiger partial charge is 0.462 e. The Morgan fingerprint density at radius 1 is 0.379 bits per heavy atom. The van der Waals surface area contributed by atoms with E-state index in [1.165, 1.54) is 19.3 Å². The van der Waals surface area contributed by atoms with Crippen molar-refractivity contribution in [3.05, 3.63) is 72.9 Å². The lowest BCUT2D eigenvalue weighted by Gasteiger charge is -2.18. The summed E-state index contributed by atoms with van der Waals surface area (Å²) in [5.74, 6) is -1.10. The van der Waals surface area contributed by atoms with Crippen LogP contribution in [0.2, 0.25) is 0 Å². The van der Waals surface area contributed by atoms with Crippen LogP contribution in [-0.2, 0) is 28.6 Å². The third-order valence-electron chi connectivity index (χ3n) is 11.5. The molecule has 0 saturated heterocycles. The third kappa shape index (κ3) is 47.2. The van der Waals surface area contributed by atoms with Gasteiger partial charge in [0, 0.05) is 19.3 Å². The average Bonchev–Trinajstić information content (AvgIpc) is 3.30. The summed E-state index contributed by atoms with van der Waals surface area (Å²) in [6.07, 6.45) is 52.3. The lowest BCUT2D eigenvalue weighted by atomic mass is 10.1. The van der Waals surface area contributed by atoms with Gasteiger partial charge in [0.25, 0.3) is 0 Å². The van der Waals surface area contributed by atoms with Crippen LogP contribution < -0.4 is 0 Å². The zero-order valence-electron chi connectivity index (χ0n) is 42.3. The molecule has 0 aromatic heterocycles. The van der Waals surface area contributed by atoms with Gasteiger partial charge < -0.3 is 29.5 Å². The zero-order chi connectivity index (χ0) is 48.4. The standard InChI is InChI=1S/C57H98O9/c1-4-7-10-11-18-24-33-44-53(60)45-36-27-23-30-38-47-56(62)65-50-54(66-57(63)48-39-29-22-17-13-15-20-26-35-43-52(59)41-32-9-6-3)49-64-55(61)46-37-28-21-16-12-14-19-25-34-42-51(58)40-31-8-5-2/h18-20,24-26,33-35,42-44,51-54,58-60H,4-17,21-23,27-32,36-41,45-50H2,1-3H3/b24-18-,25-19-,26-20-,42-34+,43-35+,44-33+/t51-,52+,53+,54+/m0/s1. The summed E-state index contributed by atoms with van der Waals surface area (Å²) in [7, 11) is 0. The molecule has 0 spiro atoms. The highest BCUT2D eigenvalue weighted by atomic mass is 16.6. The highest BCUT2D eigenvalue weighted by molar-refractivity contribution is 5.71. The minimum Gasteiger partial charge on any atom is -0.462 e. The summed E-state index contributed by atoms with van der Waals surface area (Å²) in [5.41, 5.74) is 0. The maximum absolute atomic E-state index is 12.8. The number of rotatable bonds is 47. The highest BCUT2D eigenvalue weighted by Gasteiger charge is 2.19. The lowest BCUT2D eigenvalue weighted by molar-refractivity contribution is -0.167. The smallest absolute Gasteiger partial charge is 0.306 e. The number of ether oxygens (including phenoxy) is 3. The van der Waals surface area contributed by atoms with Gasteiger partial charge in [-0.1, -0.05) is 209 Å². The molecule has 0 amide bonds. The predicted octanol–water partition coefficient (Wildman–Crippen LogP) is 14.3. The molecule has 0 aromatic rings. The Bertz CT molecular complexity index is 1300. The van der Waals surface area contributed by atoms with Crippen molar-refractivity contribution in [3.8, 4) is 0 Å². The molecule has 0 fully saturated rings. The van der Waals surface area contributed by atoms with Crippen molar-refractivity contribution in [2.45, 2.75) is 257 Å². The first-order chi connectivity index (χ1) is 32.2. The summed E-state index contributed by atoms with van der Waals surface area (Å²) in [5, 5.41) is 30.2. The molecule has 0 unspecified atom stereocenters. The van der Waals surface area contributed by atoms with E-state index in [0.717, 1.165) is 161 Å². The fourth-order valence-corrected chi connectivity index (χ4v) is 7.26. The first kappa shape index (κ1) is 62.7. The number of aliphatic hydroxyl groups is 3. The van der Waals surface area contributed by atoms with Gasteiger partial charge in [0.2, 0.25) is 0 Å². The van der Waals surface area contributed by atoms with Gasteiger partial charge in [0.15, 0.2) is 6.10 Å². The second kappa shape index (κ2) is 49.6. The van der Waals surface area contributed by atoms with Crippen LogP contribution in [0, 0.1) is 0 Å². The van der Waals surface area contributed by atoms with E-state index in [2.05, 4.69) is 39.0 Å². The van der Waals surface area contributed by atoms with Crippen molar-refractivity contribution in [2.75, 3.05) is 13.2 Å². The van der Waals surface area contributed by atoms with Crippen LogP contribution in [0.25, 0.3) is 0 Å². The summed E-state index contributed by atoms with van der Waals surface area (Å²) in [4.78, 5) is 38.0. The molecule has 0 heterocycles. The Kier molecular flexibility index (Phi) is 47.2. The fourth-order valence-electron chi connectivity index (χ4n) is 7.26. The quantitative estimate of drug-likeness (QED) is 0.0235. The monoisotopic (exact) mass is 927 g/mol. The molecule has 3 N–H and O–H groups in total. The maximum Gasteiger partial charge on any atom is 0.306 e. The minimum absolute atomic E-state index is 0.148. The maximum atomic E-state index is 12.8. The van der Waals surface area contributed by atoms with Crippen LogP contribution in [0.1, 0.15) is 233 Å². The molecule has 0 aromatic carbocycles. The van der Waals surface area contributed by atoms with Crippen molar-refractivity contribution >= 4 is 17.9 Å². The summed E-state index contributed by atoms with van der Waals surface area (Å²) in [6.45, 7) is 6.22. The van der Waals surface area contributed by atoms with Crippen LogP contribution >= 0.6 is 0 Å². The molecular weight excluding hydrogens is 829 g/mol. The van der Waals surface area contributed by atoms with Gasteiger partial charge in [0.05, 0.1) is 18.3 Å². The van der Waals surface area contributed by atoms with E-state index in [1.54, 1.807) is 0 Å². The Labute approximate surface area is 403 Å². The second-order valence-electron chi connectivity index (χ2n) is 18.0. The SMILES string of the molecule is CCCCC/C=C\C=C\[C@@H](O)CCCCCCCC(=O)OC[C@@H](COC(=O)CCCCCCC/C=C\C=C\[C@@H](O)CCCCC)OC(=O)CCCCCCC/C=C\C=C\[C@H](O)CCCCC. The van der Waals surface area contributed by atoms with Crippen molar-refractivity contribution in [3.63, 3.8) is 0 Å². The van der Waals surface area contributed by atoms with Crippen molar-refractivity contribution < 1.29 is 43.9 Å². The molecular formula is C57H98O9. The van der Waals surface area contributed by atoms with Crippen molar-refractivity contribution in [1.82, 2.24) is 0 Å². The Morgan fingerprint density at radius 2 is 0.682 bits per heavy atom. The average molecular weight is 927 g/mol. The molecule has 0 saturated carbocycles. The number of carbonyl (C=O) groups is 3. The Hall–Kier alpha value is -3.27. The molecule has 66 heavy (non-hydrogen) atoms. The second-order valence-corrected chi connectivity index (χ2v) is 18.0. The van der Waals surface area contributed by atoms with E-state index in [0.29, 0.717) is 12.8 Å². The number of unbranched alkanes of at least 4 members (excludes halogenated alkanes) is 21. The van der Waals surface area contributed by atoms with Crippen molar-refractivity contribution in [2.24, 2.45) is 0 Å². The summed E-state index contributed by atoms with van der Waals surface area (Å²) in [6, 6.07) is 0. The predicted molar refractivity (Wildman–Crippen MR) is 274 cm³/mol. The van der Waals surface area contributed by atoms with Gasteiger partial charge in [-0.25, -0.2) is 0 Å². The number of carbonyl (C=O) groups excluding carboxylic acids is 3. The molecule has 0 radical (unpaired) electrons. The number of esters is 3. The third-order valence-corrected chi connectivity index (χ3v) is 11.5. The lowest BCUT2D eigenvalue weighted by Crippen LogP contribution is -2.30. The van der Waals surface area contributed by atoms with Gasteiger partial charge in [-0.2, -0.15) is 0 Å². The van der Waals surface area contributed by atoms with Crippen LogP contribution in [0.4, 0.5) is 0 Å². The molecule has 0 aliphatic carbocycles. The molecule has 9 nitrogen and oxygen atoms in total. The van der Waals surface area contributed by atoms with Gasteiger partial charge in [-0.15, -0.1) is 0 Å². The van der Waals surface area contributed by atoms with Crippen LogP contribution in [-0.4, -0.2) is 70.9 Å². The number of hydrogen-bond donors (Lipinski definition) is 3. The van der Waals surface area contributed by atoms with Crippen LogP contribution in [0.5, 0.6) is 0 Å². The van der Waals surface area contributed by atoms with Crippen LogP contribution in [0.3, 0.4) is 0 Å². The van der Waals surface area contributed by atoms with Crippen molar-refractivity contribution in [1.29, 1.82) is 0 Å². The topological polar surface area (TPSA) is 140 Å². The zero-order valence-corrected chi connectivity index (χ0v) is 42.3. The summed E-state index contributed by atoms with van der Waals surface area (Å²) >= 11 is 0. The van der Waals surface area contributed by atoms with E-state index >= 15 is 0 Å². The first-order valence-electron chi connectivity index (χ1n) is 26.8. The van der Waals surface area contributed by atoms with Gasteiger partial charge in [0.1, 0.15) is 13.2 Å². The fraction of sp³-hybridized carbons (Fsp3) is 0.737. The summed E-state index contributed by atoms with van der Waals surface area (Å²) < 4.78 is 16.7. The van der Waals surface area contributed by atoms with E-state index in [1.807, 2.05) is 54.7 Å². The normalized spacial score (nSPS) is 14.1. The molecule has 0 aliphatic rings. The number of hydrogen-bond acceptors (Lipinski definition) is 9. The number of aliphatic hydroxyl groups excluding tert-OH is 3. The van der Waals surface area contributed by atoms with Gasteiger partial charge in [-0.05, 0) is 77.0 Å². The van der Waals surface area contributed by atoms with Crippen LogP contribution in [0.15, 0.2) is 72.9 Å². The molecule has 0 bridgehead atoms. The van der Waals surface area contributed by atoms with E-state index in [-0.39, 0.29) is 62.6 Å². The molecule has 0 rings (SSSR count). The molecule has 0 aliphatic heterocycles. The highest BCUT2D eigenvalue weighted by Crippen LogP contribution is 2.14. The van der Waals surface area contributed by atoms with Gasteiger partial charge >= 0.3 is 17.9 Å². The van der Waals surface area contributed by atoms with E-state index < -0.39 is 12.2 Å². The van der Waals surface area contributed by atoms with E-state index in [4.69, 9.17) is 14.2 Å². The van der Waals surface area contributed by atoms with E-state index in [9.17, 15) is 29.7 Å². The minimum atomic E-state index is -0.854. The molecule has 4 atom stereocenters. The molecule has 9 heteroatoms. The Morgan fingerprint density at radius 3 is 1.08 bits per heavy atom. The number of allylic oxidation sites excluding steroid dienone is 9. The van der Waals surface area contributed by atoms with Gasteiger partial charge in [-0.3, -0.25) is 14.4 Å². The molecule has 380 valence electrons.